The molecule has 2 aromatic carbocycles. The Balaban J connectivity index is 1.60. The van der Waals surface area contributed by atoms with Crippen molar-refractivity contribution in [3.8, 4) is 5.75 Å². The van der Waals surface area contributed by atoms with Crippen LogP contribution in [0.5, 0.6) is 5.75 Å². The van der Waals surface area contributed by atoms with Gasteiger partial charge in [-0.25, -0.2) is 4.72 Å². The SMILES string of the molecule is O=C(NS(=O)(=O)N1CCCc2ccccc21)C1(c2cc(OC(F)(F)F)ccc2Cl)CC1. The van der Waals surface area contributed by atoms with E-state index >= 15 is 0 Å². The topological polar surface area (TPSA) is 75.7 Å². The van der Waals surface area contributed by atoms with Crippen molar-refractivity contribution >= 4 is 33.4 Å². The lowest BCUT2D eigenvalue weighted by atomic mass is 9.95. The van der Waals surface area contributed by atoms with Crippen LogP contribution >= 0.6 is 11.6 Å². The molecule has 0 aromatic heterocycles. The Hall–Kier alpha value is -2.46. The number of nitrogens with zero attached hydrogens (tertiary/aromatic N) is 1. The number of alkyl halides is 3. The number of halogens is 4. The molecule has 0 bridgehead atoms. The third-order valence-corrected chi connectivity index (χ3v) is 7.18. The second-order valence-electron chi connectivity index (χ2n) is 7.51. The van der Waals surface area contributed by atoms with Gasteiger partial charge >= 0.3 is 16.6 Å². The largest absolute Gasteiger partial charge is 0.573 e. The summed E-state index contributed by atoms with van der Waals surface area (Å²) in [6.07, 6.45) is -3.09. The number of nitrogens with one attached hydrogen (secondary N) is 1. The molecule has 0 saturated heterocycles. The molecule has 0 atom stereocenters. The van der Waals surface area contributed by atoms with Crippen LogP contribution in [0.2, 0.25) is 5.02 Å². The van der Waals surface area contributed by atoms with Crippen molar-refractivity contribution in [1.82, 2.24) is 4.72 Å². The van der Waals surface area contributed by atoms with E-state index in [0.29, 0.717) is 12.1 Å². The van der Waals surface area contributed by atoms with Crippen molar-refractivity contribution < 1.29 is 31.1 Å². The van der Waals surface area contributed by atoms with Crippen molar-refractivity contribution in [3.63, 3.8) is 0 Å². The molecule has 1 saturated carbocycles. The number of amides is 1. The van der Waals surface area contributed by atoms with Gasteiger partial charge in [0.1, 0.15) is 5.75 Å². The molecule has 11 heteroatoms. The molecule has 1 amide bonds. The van der Waals surface area contributed by atoms with E-state index in [1.54, 1.807) is 12.1 Å². The number of hydrogen-bond acceptors (Lipinski definition) is 4. The summed E-state index contributed by atoms with van der Waals surface area (Å²) in [6.45, 7) is 0.211. The molecule has 1 aliphatic carbocycles. The maximum Gasteiger partial charge on any atom is 0.573 e. The normalized spacial score (nSPS) is 17.6. The highest BCUT2D eigenvalue weighted by Gasteiger charge is 2.54. The van der Waals surface area contributed by atoms with Gasteiger partial charge in [-0.05, 0) is 61.1 Å². The number of carbonyl (C=O) groups is 1. The van der Waals surface area contributed by atoms with Crippen LogP contribution in [0.25, 0.3) is 0 Å². The molecule has 1 N–H and O–H groups in total. The Labute approximate surface area is 182 Å². The predicted octanol–water partition coefficient (Wildman–Crippen LogP) is 4.08. The van der Waals surface area contributed by atoms with Crippen LogP contribution < -0.4 is 13.8 Å². The number of fused-ring (bicyclic) bond motifs is 1. The highest BCUT2D eigenvalue weighted by molar-refractivity contribution is 7.91. The van der Waals surface area contributed by atoms with Gasteiger partial charge in [-0.15, -0.1) is 13.2 Å². The number of ether oxygens (including phenoxy) is 1. The average Bonchev–Trinajstić information content (AvgIpc) is 3.49. The van der Waals surface area contributed by atoms with E-state index < -0.39 is 33.6 Å². The van der Waals surface area contributed by atoms with E-state index in [1.807, 2.05) is 12.1 Å². The summed E-state index contributed by atoms with van der Waals surface area (Å²) >= 11 is 6.15. The zero-order valence-corrected chi connectivity index (χ0v) is 17.6. The fraction of sp³-hybridized carbons (Fsp3) is 0.350. The van der Waals surface area contributed by atoms with Gasteiger partial charge in [-0.2, -0.15) is 8.42 Å². The summed E-state index contributed by atoms with van der Waals surface area (Å²) in [5, 5.41) is 0.0582. The Morgan fingerprint density at radius 2 is 1.87 bits per heavy atom. The van der Waals surface area contributed by atoms with Crippen molar-refractivity contribution in [1.29, 1.82) is 0 Å². The number of carbonyl (C=O) groups excluding carboxylic acids is 1. The molecule has 1 aliphatic heterocycles. The molecule has 166 valence electrons. The van der Waals surface area contributed by atoms with Gasteiger partial charge in [0, 0.05) is 11.6 Å². The van der Waals surface area contributed by atoms with E-state index in [1.165, 1.54) is 6.07 Å². The van der Waals surface area contributed by atoms with Gasteiger partial charge in [-0.3, -0.25) is 9.10 Å². The quantitative estimate of drug-likeness (QED) is 0.708. The molecule has 0 unspecified atom stereocenters. The number of anilines is 1. The number of rotatable bonds is 5. The minimum atomic E-state index is -4.91. The van der Waals surface area contributed by atoms with E-state index in [4.69, 9.17) is 11.6 Å². The summed E-state index contributed by atoms with van der Waals surface area (Å²) < 4.78 is 70.9. The molecule has 0 radical (unpaired) electrons. The fourth-order valence-electron chi connectivity index (χ4n) is 3.83. The number of aryl methyl sites for hydroxylation is 1. The molecule has 1 fully saturated rings. The van der Waals surface area contributed by atoms with Gasteiger partial charge in [0.2, 0.25) is 5.91 Å². The summed E-state index contributed by atoms with van der Waals surface area (Å²) in [7, 11) is -4.22. The highest BCUT2D eigenvalue weighted by Crippen LogP contribution is 2.52. The molecule has 0 spiro atoms. The van der Waals surface area contributed by atoms with E-state index in [2.05, 4.69) is 9.46 Å². The lowest BCUT2D eigenvalue weighted by Gasteiger charge is -2.31. The first kappa shape index (κ1) is 21.8. The average molecular weight is 475 g/mol. The van der Waals surface area contributed by atoms with Crippen molar-refractivity contribution in [2.75, 3.05) is 10.8 Å². The van der Waals surface area contributed by atoms with E-state index in [9.17, 15) is 26.4 Å². The van der Waals surface area contributed by atoms with Gasteiger partial charge in [-0.1, -0.05) is 29.8 Å². The molecule has 6 nitrogen and oxygen atoms in total. The van der Waals surface area contributed by atoms with Crippen LogP contribution in [-0.2, 0) is 26.8 Å². The van der Waals surface area contributed by atoms with Crippen LogP contribution in [0.15, 0.2) is 42.5 Å². The van der Waals surface area contributed by atoms with Crippen molar-refractivity contribution in [3.05, 3.63) is 58.6 Å². The number of benzene rings is 2. The molecule has 2 aliphatic rings. The lowest BCUT2D eigenvalue weighted by Crippen LogP contribution is -2.48. The van der Waals surface area contributed by atoms with E-state index in [-0.39, 0.29) is 30.0 Å². The first-order valence-electron chi connectivity index (χ1n) is 9.50. The Bertz CT molecular complexity index is 1130. The Morgan fingerprint density at radius 3 is 2.55 bits per heavy atom. The van der Waals surface area contributed by atoms with E-state index in [0.717, 1.165) is 28.4 Å². The number of hydrogen-bond donors (Lipinski definition) is 1. The predicted molar refractivity (Wildman–Crippen MR) is 108 cm³/mol. The molecule has 4 rings (SSSR count). The molecule has 31 heavy (non-hydrogen) atoms. The first-order chi connectivity index (χ1) is 14.5. The number of para-hydroxylation sites is 1. The molecular weight excluding hydrogens is 457 g/mol. The highest BCUT2D eigenvalue weighted by atomic mass is 35.5. The Morgan fingerprint density at radius 1 is 1.16 bits per heavy atom. The zero-order valence-electron chi connectivity index (χ0n) is 16.1. The summed E-state index contributed by atoms with van der Waals surface area (Å²) in [4.78, 5) is 13.0. The minimum Gasteiger partial charge on any atom is -0.406 e. The van der Waals surface area contributed by atoms with Gasteiger partial charge < -0.3 is 4.74 Å². The van der Waals surface area contributed by atoms with Crippen LogP contribution in [0.4, 0.5) is 18.9 Å². The van der Waals surface area contributed by atoms with Crippen LogP contribution in [0.1, 0.15) is 30.4 Å². The van der Waals surface area contributed by atoms with Gasteiger partial charge in [0.15, 0.2) is 0 Å². The third-order valence-electron chi connectivity index (χ3n) is 5.45. The van der Waals surface area contributed by atoms with Crippen LogP contribution in [0, 0.1) is 0 Å². The first-order valence-corrected chi connectivity index (χ1v) is 11.3. The third kappa shape index (κ3) is 4.31. The standard InChI is InChI=1S/C20H18ClF3N2O4S/c21-16-8-7-14(30-20(22,23)24)12-15(16)19(9-10-19)18(27)25-31(28,29)26-11-3-5-13-4-1-2-6-17(13)26/h1-2,4,6-8,12H,3,5,9-11H2,(H,25,27). The fourth-order valence-corrected chi connectivity index (χ4v) is 5.48. The van der Waals surface area contributed by atoms with Crippen molar-refractivity contribution in [2.24, 2.45) is 0 Å². The minimum absolute atomic E-state index is 0.0582. The Kier molecular flexibility index (Phi) is 5.33. The van der Waals surface area contributed by atoms with Gasteiger partial charge in [0.25, 0.3) is 0 Å². The van der Waals surface area contributed by atoms with Gasteiger partial charge in [0.05, 0.1) is 11.1 Å². The molecule has 1 heterocycles. The van der Waals surface area contributed by atoms with Crippen LogP contribution in [0.3, 0.4) is 0 Å². The second kappa shape index (κ2) is 7.59. The summed E-state index contributed by atoms with van der Waals surface area (Å²) in [6, 6.07) is 10.3. The van der Waals surface area contributed by atoms with Crippen LogP contribution in [-0.4, -0.2) is 27.2 Å². The smallest absolute Gasteiger partial charge is 0.406 e. The lowest BCUT2D eigenvalue weighted by molar-refractivity contribution is -0.274. The maximum absolute atomic E-state index is 13.0. The summed E-state index contributed by atoms with van der Waals surface area (Å²) in [5.74, 6) is -1.36. The monoisotopic (exact) mass is 474 g/mol. The summed E-state index contributed by atoms with van der Waals surface area (Å²) in [5.41, 5.74) is 0.123. The molecule has 2 aromatic rings. The van der Waals surface area contributed by atoms with Crippen molar-refractivity contribution in [2.45, 2.75) is 37.5 Å². The molecular formula is C20H18ClF3N2O4S. The second-order valence-corrected chi connectivity index (χ2v) is 9.51. The zero-order chi connectivity index (χ0) is 22.4. The maximum atomic E-state index is 13.0.